The van der Waals surface area contributed by atoms with Gasteiger partial charge in [0.1, 0.15) is 4.99 Å². The van der Waals surface area contributed by atoms with Gasteiger partial charge in [-0.1, -0.05) is 18.3 Å². The zero-order chi connectivity index (χ0) is 15.0. The monoisotopic (exact) mass is 295 g/mol. The number of thiocarbonyl (C=S) groups is 1. The molecular formula is C14H21N3O2S. The highest BCUT2D eigenvalue weighted by Crippen LogP contribution is 2.17. The number of anilines is 1. The van der Waals surface area contributed by atoms with Crippen LogP contribution in [0.2, 0.25) is 0 Å². The Morgan fingerprint density at radius 1 is 1.40 bits per heavy atom. The van der Waals surface area contributed by atoms with E-state index in [1.54, 1.807) is 7.11 Å². The molecule has 0 heterocycles. The second-order valence-electron chi connectivity index (χ2n) is 4.43. The lowest BCUT2D eigenvalue weighted by Gasteiger charge is -2.12. The number of hydrogen-bond acceptors (Lipinski definition) is 4. The number of nitrogens with one attached hydrogen (secondary N) is 2. The number of nitrogens with two attached hydrogens (primary N) is 1. The lowest BCUT2D eigenvalue weighted by molar-refractivity contribution is -0.121. The van der Waals surface area contributed by atoms with Crippen LogP contribution in [0.15, 0.2) is 18.2 Å². The SMILES string of the molecule is COCCNC(=O)CCNc1cc(C)ccc1C(N)=S. The third kappa shape index (κ3) is 5.54. The van der Waals surface area contributed by atoms with E-state index in [1.807, 2.05) is 25.1 Å². The van der Waals surface area contributed by atoms with Crippen molar-refractivity contribution in [1.29, 1.82) is 0 Å². The topological polar surface area (TPSA) is 76.4 Å². The van der Waals surface area contributed by atoms with Crippen LogP contribution in [0.3, 0.4) is 0 Å². The molecule has 0 saturated carbocycles. The van der Waals surface area contributed by atoms with E-state index in [-0.39, 0.29) is 5.91 Å². The molecule has 0 saturated heterocycles. The van der Waals surface area contributed by atoms with Crippen LogP contribution in [0, 0.1) is 6.92 Å². The van der Waals surface area contributed by atoms with Gasteiger partial charge in [0, 0.05) is 37.9 Å². The average molecular weight is 295 g/mol. The first kappa shape index (κ1) is 16.4. The maximum Gasteiger partial charge on any atom is 0.221 e. The van der Waals surface area contributed by atoms with Gasteiger partial charge < -0.3 is 21.1 Å². The Morgan fingerprint density at radius 3 is 2.80 bits per heavy atom. The Balaban J connectivity index is 2.47. The predicted molar refractivity (Wildman–Crippen MR) is 85.1 cm³/mol. The fraction of sp³-hybridized carbons (Fsp3) is 0.429. The first-order chi connectivity index (χ1) is 9.54. The van der Waals surface area contributed by atoms with E-state index in [1.165, 1.54) is 0 Å². The van der Waals surface area contributed by atoms with Crippen LogP contribution in [0.25, 0.3) is 0 Å². The molecule has 0 bridgehead atoms. The minimum absolute atomic E-state index is 0.0147. The fourth-order valence-corrected chi connectivity index (χ4v) is 1.89. The summed E-state index contributed by atoms with van der Waals surface area (Å²) in [6, 6.07) is 5.81. The number of aryl methyl sites for hydroxylation is 1. The number of carbonyl (C=O) groups is 1. The highest BCUT2D eigenvalue weighted by molar-refractivity contribution is 7.80. The van der Waals surface area contributed by atoms with Crippen molar-refractivity contribution in [3.63, 3.8) is 0 Å². The highest BCUT2D eigenvalue weighted by atomic mass is 32.1. The average Bonchev–Trinajstić information content (AvgIpc) is 2.38. The van der Waals surface area contributed by atoms with Crippen LogP contribution in [0.1, 0.15) is 17.5 Å². The standard InChI is InChI=1S/C14H21N3O2S/c1-10-3-4-11(14(15)20)12(9-10)16-6-5-13(18)17-7-8-19-2/h3-4,9,16H,5-8H2,1-2H3,(H2,15,20)(H,17,18). The Hall–Kier alpha value is -1.66. The van der Waals surface area contributed by atoms with Crippen LogP contribution in [0.4, 0.5) is 5.69 Å². The largest absolute Gasteiger partial charge is 0.389 e. The van der Waals surface area contributed by atoms with Gasteiger partial charge in [0.2, 0.25) is 5.91 Å². The molecular weight excluding hydrogens is 274 g/mol. The normalized spacial score (nSPS) is 10.1. The van der Waals surface area contributed by atoms with E-state index >= 15 is 0 Å². The molecule has 0 aliphatic carbocycles. The summed E-state index contributed by atoms with van der Waals surface area (Å²) < 4.78 is 4.86. The second kappa shape index (κ2) is 8.50. The summed E-state index contributed by atoms with van der Waals surface area (Å²) in [5.41, 5.74) is 8.44. The molecule has 4 N–H and O–H groups in total. The highest BCUT2D eigenvalue weighted by Gasteiger charge is 2.06. The minimum Gasteiger partial charge on any atom is -0.389 e. The van der Waals surface area contributed by atoms with E-state index in [2.05, 4.69) is 10.6 Å². The van der Waals surface area contributed by atoms with Crippen LogP contribution in [0.5, 0.6) is 0 Å². The Morgan fingerprint density at radius 2 is 2.15 bits per heavy atom. The zero-order valence-electron chi connectivity index (χ0n) is 11.9. The number of rotatable bonds is 8. The van der Waals surface area contributed by atoms with E-state index < -0.39 is 0 Å². The molecule has 0 aliphatic rings. The van der Waals surface area contributed by atoms with Gasteiger partial charge in [-0.05, 0) is 24.6 Å². The van der Waals surface area contributed by atoms with Crippen molar-refractivity contribution in [1.82, 2.24) is 5.32 Å². The maximum absolute atomic E-state index is 11.5. The molecule has 0 aliphatic heterocycles. The van der Waals surface area contributed by atoms with Gasteiger partial charge >= 0.3 is 0 Å². The summed E-state index contributed by atoms with van der Waals surface area (Å²) in [6.07, 6.45) is 0.383. The first-order valence-electron chi connectivity index (χ1n) is 6.44. The molecule has 0 aromatic heterocycles. The summed E-state index contributed by atoms with van der Waals surface area (Å²) in [5, 5.41) is 5.96. The van der Waals surface area contributed by atoms with Gasteiger partial charge in [-0.3, -0.25) is 4.79 Å². The van der Waals surface area contributed by atoms with Crippen LogP contribution in [-0.4, -0.2) is 37.7 Å². The maximum atomic E-state index is 11.5. The number of hydrogen-bond donors (Lipinski definition) is 3. The van der Waals surface area contributed by atoms with Gasteiger partial charge in [-0.2, -0.15) is 0 Å². The molecule has 1 aromatic carbocycles. The van der Waals surface area contributed by atoms with Gasteiger partial charge in [-0.15, -0.1) is 0 Å². The van der Waals surface area contributed by atoms with Crippen molar-refractivity contribution in [2.75, 3.05) is 32.1 Å². The lowest BCUT2D eigenvalue weighted by atomic mass is 10.1. The second-order valence-corrected chi connectivity index (χ2v) is 4.87. The van der Waals surface area contributed by atoms with E-state index in [9.17, 15) is 4.79 Å². The molecule has 0 atom stereocenters. The molecule has 0 radical (unpaired) electrons. The van der Waals surface area contributed by atoms with E-state index in [4.69, 9.17) is 22.7 Å². The molecule has 1 amide bonds. The van der Waals surface area contributed by atoms with Crippen molar-refractivity contribution >= 4 is 28.8 Å². The van der Waals surface area contributed by atoms with Crippen molar-refractivity contribution < 1.29 is 9.53 Å². The summed E-state index contributed by atoms with van der Waals surface area (Å²) in [4.78, 5) is 11.9. The minimum atomic E-state index is -0.0147. The molecule has 20 heavy (non-hydrogen) atoms. The Bertz CT molecular complexity index is 477. The molecule has 1 rings (SSSR count). The predicted octanol–water partition coefficient (Wildman–Crippen LogP) is 1.19. The number of methoxy groups -OCH3 is 1. The number of carbonyl (C=O) groups excluding carboxylic acids is 1. The smallest absolute Gasteiger partial charge is 0.221 e. The third-order valence-electron chi connectivity index (χ3n) is 2.74. The first-order valence-corrected chi connectivity index (χ1v) is 6.85. The fourth-order valence-electron chi connectivity index (χ4n) is 1.71. The number of amides is 1. The number of ether oxygens (including phenoxy) is 1. The van der Waals surface area contributed by atoms with Crippen molar-refractivity contribution in [3.8, 4) is 0 Å². The van der Waals surface area contributed by atoms with Crippen LogP contribution >= 0.6 is 12.2 Å². The molecule has 0 fully saturated rings. The van der Waals surface area contributed by atoms with Gasteiger partial charge in [0.25, 0.3) is 0 Å². The van der Waals surface area contributed by atoms with Gasteiger partial charge in [-0.25, -0.2) is 0 Å². The third-order valence-corrected chi connectivity index (χ3v) is 2.96. The van der Waals surface area contributed by atoms with Gasteiger partial charge in [0.15, 0.2) is 0 Å². The number of benzene rings is 1. The summed E-state index contributed by atoms with van der Waals surface area (Å²) >= 11 is 5.01. The van der Waals surface area contributed by atoms with Crippen LogP contribution in [-0.2, 0) is 9.53 Å². The molecule has 110 valence electrons. The lowest BCUT2D eigenvalue weighted by Crippen LogP contribution is -2.28. The van der Waals surface area contributed by atoms with Crippen molar-refractivity contribution in [2.45, 2.75) is 13.3 Å². The molecule has 6 heteroatoms. The van der Waals surface area contributed by atoms with E-state index in [0.717, 1.165) is 16.8 Å². The molecule has 0 unspecified atom stereocenters. The summed E-state index contributed by atoms with van der Waals surface area (Å²) in [6.45, 7) is 3.56. The summed E-state index contributed by atoms with van der Waals surface area (Å²) in [5.74, 6) is -0.0147. The van der Waals surface area contributed by atoms with Crippen molar-refractivity contribution in [2.24, 2.45) is 5.73 Å². The Labute approximate surface area is 124 Å². The van der Waals surface area contributed by atoms with Gasteiger partial charge in [0.05, 0.1) is 6.61 Å². The van der Waals surface area contributed by atoms with E-state index in [0.29, 0.717) is 31.1 Å². The summed E-state index contributed by atoms with van der Waals surface area (Å²) in [7, 11) is 1.60. The molecule has 5 nitrogen and oxygen atoms in total. The van der Waals surface area contributed by atoms with Crippen LogP contribution < -0.4 is 16.4 Å². The quantitative estimate of drug-likeness (QED) is 0.496. The zero-order valence-corrected chi connectivity index (χ0v) is 12.7. The molecule has 1 aromatic rings. The molecule has 0 spiro atoms. The Kier molecular flexibility index (Phi) is 6.97. The van der Waals surface area contributed by atoms with Crippen molar-refractivity contribution in [3.05, 3.63) is 29.3 Å².